The number of aliphatic carboxylic acids is 1. The molecule has 0 radical (unpaired) electrons. The van der Waals surface area contributed by atoms with E-state index in [1.54, 1.807) is 0 Å². The van der Waals surface area contributed by atoms with Crippen LogP contribution >= 0.6 is 23.4 Å². The molecule has 0 bridgehead atoms. The number of carboxylic acids is 1. The average Bonchev–Trinajstić information content (AvgIpc) is 2.73. The predicted molar refractivity (Wildman–Crippen MR) is 67.7 cm³/mol. The van der Waals surface area contributed by atoms with Gasteiger partial charge in [-0.3, -0.25) is 4.79 Å². The Bertz CT molecular complexity index is 453. The van der Waals surface area contributed by atoms with E-state index < -0.39 is 18.1 Å². The molecule has 1 saturated heterocycles. The van der Waals surface area contributed by atoms with Crippen LogP contribution < -0.4 is 0 Å². The molecule has 2 aliphatic rings. The van der Waals surface area contributed by atoms with Gasteiger partial charge in [-0.15, -0.1) is 11.6 Å². The van der Waals surface area contributed by atoms with Crippen molar-refractivity contribution in [1.29, 1.82) is 0 Å². The predicted octanol–water partition coefficient (Wildman–Crippen LogP) is 0.521. The summed E-state index contributed by atoms with van der Waals surface area (Å²) in [6.45, 7) is 3.60. The van der Waals surface area contributed by atoms with Crippen LogP contribution in [0, 0.1) is 0 Å². The minimum absolute atomic E-state index is 0.0131. The molecule has 1 amide bonds. The first-order valence-corrected chi connectivity index (χ1v) is 6.49. The van der Waals surface area contributed by atoms with Gasteiger partial charge in [0.1, 0.15) is 5.37 Å². The summed E-state index contributed by atoms with van der Waals surface area (Å²) in [5.41, 5.74) is 0.280. The summed E-state index contributed by atoms with van der Waals surface area (Å²) in [6, 6.07) is -1.65. The highest BCUT2D eigenvalue weighted by molar-refractivity contribution is 8.14. The van der Waals surface area contributed by atoms with E-state index in [4.69, 9.17) is 16.3 Å². The molecule has 0 aromatic rings. The molecule has 6 nitrogen and oxygen atoms in total. The molecule has 2 aliphatic heterocycles. The molecular weight excluding hydrogens is 280 g/mol. The molecule has 0 spiro atoms. The molecule has 0 aliphatic carbocycles. The minimum atomic E-state index is -1.14. The summed E-state index contributed by atoms with van der Waals surface area (Å²) in [6.07, 6.45) is 0. The van der Waals surface area contributed by atoms with Crippen molar-refractivity contribution in [2.24, 2.45) is 4.99 Å². The van der Waals surface area contributed by atoms with Crippen LogP contribution in [0.5, 0.6) is 0 Å². The number of carboxylic acid groups (broad SMARTS) is 1. The van der Waals surface area contributed by atoms with Crippen molar-refractivity contribution >= 4 is 40.5 Å². The second-order valence-electron chi connectivity index (χ2n) is 3.83. The average molecular weight is 291 g/mol. The Labute approximate surface area is 113 Å². The van der Waals surface area contributed by atoms with Gasteiger partial charge < -0.3 is 14.7 Å². The summed E-state index contributed by atoms with van der Waals surface area (Å²) in [4.78, 5) is 28.4. The van der Waals surface area contributed by atoms with Gasteiger partial charge in [0, 0.05) is 5.88 Å². The van der Waals surface area contributed by atoms with Crippen LogP contribution in [0.2, 0.25) is 0 Å². The SMILES string of the molecule is C=C(CCl)C(C(=O)O)N1C(=O)C2N=C(OC)SC21. The molecule has 0 saturated carbocycles. The number of hydrogen-bond acceptors (Lipinski definition) is 5. The molecule has 0 aromatic carbocycles. The number of thioether (sulfide) groups is 1. The lowest BCUT2D eigenvalue weighted by molar-refractivity contribution is -0.157. The number of ether oxygens (including phenoxy) is 1. The first-order chi connectivity index (χ1) is 8.51. The molecule has 1 fully saturated rings. The van der Waals surface area contributed by atoms with Crippen LogP contribution in [0.4, 0.5) is 0 Å². The van der Waals surface area contributed by atoms with Crippen molar-refractivity contribution in [3.63, 3.8) is 0 Å². The molecular formula is C10H11ClN2O4S. The van der Waals surface area contributed by atoms with E-state index in [-0.39, 0.29) is 22.7 Å². The monoisotopic (exact) mass is 290 g/mol. The van der Waals surface area contributed by atoms with Crippen LogP contribution in [0.15, 0.2) is 17.1 Å². The summed E-state index contributed by atoms with van der Waals surface area (Å²) in [7, 11) is 1.46. The van der Waals surface area contributed by atoms with Gasteiger partial charge in [-0.25, -0.2) is 9.79 Å². The van der Waals surface area contributed by atoms with Crippen molar-refractivity contribution in [2.75, 3.05) is 13.0 Å². The fraction of sp³-hybridized carbons (Fsp3) is 0.500. The Morgan fingerprint density at radius 3 is 2.94 bits per heavy atom. The first kappa shape index (κ1) is 13.2. The van der Waals surface area contributed by atoms with E-state index in [1.165, 1.54) is 23.8 Å². The number of rotatable bonds is 4. The number of amides is 1. The van der Waals surface area contributed by atoms with Gasteiger partial charge in [0.2, 0.25) is 5.23 Å². The standard InChI is InChI=1S/C10H11ClN2O4S/c1-4(3-11)6(9(15)16)13-7(14)5-8(13)18-10(12-5)17-2/h5-6,8H,1,3H2,2H3,(H,15,16). The molecule has 8 heteroatoms. The summed E-state index contributed by atoms with van der Waals surface area (Å²) in [5, 5.41) is 9.23. The maximum atomic E-state index is 11.9. The van der Waals surface area contributed by atoms with Crippen LogP contribution in [0.25, 0.3) is 0 Å². The second kappa shape index (κ2) is 4.81. The number of methoxy groups -OCH3 is 1. The molecule has 2 rings (SSSR count). The Kier molecular flexibility index (Phi) is 3.54. The topological polar surface area (TPSA) is 79.2 Å². The molecule has 1 N–H and O–H groups in total. The third-order valence-corrected chi connectivity index (χ3v) is 4.31. The number of β-lactam (4-membered cyclic amide) rings is 1. The van der Waals surface area contributed by atoms with Gasteiger partial charge >= 0.3 is 5.97 Å². The van der Waals surface area contributed by atoms with Gasteiger partial charge in [0.25, 0.3) is 5.91 Å². The van der Waals surface area contributed by atoms with E-state index in [1.807, 2.05) is 0 Å². The zero-order valence-corrected chi connectivity index (χ0v) is 11.1. The molecule has 18 heavy (non-hydrogen) atoms. The number of carbonyl (C=O) groups excluding carboxylic acids is 1. The van der Waals surface area contributed by atoms with Crippen molar-refractivity contribution in [3.05, 3.63) is 12.2 Å². The lowest BCUT2D eigenvalue weighted by Crippen LogP contribution is -2.66. The third kappa shape index (κ3) is 1.87. The van der Waals surface area contributed by atoms with Crippen LogP contribution in [0.3, 0.4) is 0 Å². The summed E-state index contributed by atoms with van der Waals surface area (Å²) in [5.74, 6) is -1.49. The second-order valence-corrected chi connectivity index (χ2v) is 5.17. The third-order valence-electron chi connectivity index (χ3n) is 2.76. The fourth-order valence-corrected chi connectivity index (χ4v) is 3.16. The van der Waals surface area contributed by atoms with Gasteiger partial charge in [-0.2, -0.15) is 0 Å². The number of likely N-dealkylation sites (tertiary alicyclic amines) is 1. The summed E-state index contributed by atoms with van der Waals surface area (Å²) >= 11 is 6.83. The van der Waals surface area contributed by atoms with Gasteiger partial charge in [0.15, 0.2) is 12.1 Å². The van der Waals surface area contributed by atoms with Gasteiger partial charge in [-0.1, -0.05) is 6.58 Å². The normalized spacial score (nSPS) is 27.1. The Hall–Kier alpha value is -1.21. The maximum Gasteiger partial charge on any atom is 0.330 e. The zero-order chi connectivity index (χ0) is 13.4. The highest BCUT2D eigenvalue weighted by Crippen LogP contribution is 2.41. The number of nitrogens with zero attached hydrogens (tertiary/aromatic N) is 2. The lowest BCUT2D eigenvalue weighted by atomic mass is 10.00. The van der Waals surface area contributed by atoms with Gasteiger partial charge in [-0.05, 0) is 17.3 Å². The number of halogens is 1. The Balaban J connectivity index is 2.18. The fourth-order valence-electron chi connectivity index (χ4n) is 1.90. The number of fused-ring (bicyclic) bond motifs is 1. The van der Waals surface area contributed by atoms with E-state index >= 15 is 0 Å². The first-order valence-electron chi connectivity index (χ1n) is 5.08. The van der Waals surface area contributed by atoms with Crippen LogP contribution in [0.1, 0.15) is 0 Å². The maximum absolute atomic E-state index is 11.9. The zero-order valence-electron chi connectivity index (χ0n) is 9.50. The van der Waals surface area contributed by atoms with Gasteiger partial charge in [0.05, 0.1) is 7.11 Å². The van der Waals surface area contributed by atoms with Crippen molar-refractivity contribution < 1.29 is 19.4 Å². The smallest absolute Gasteiger partial charge is 0.330 e. The molecule has 3 atom stereocenters. The van der Waals surface area contributed by atoms with E-state index in [2.05, 4.69) is 11.6 Å². The van der Waals surface area contributed by atoms with E-state index in [9.17, 15) is 14.7 Å². The highest BCUT2D eigenvalue weighted by Gasteiger charge is 2.57. The van der Waals surface area contributed by atoms with Crippen molar-refractivity contribution in [3.8, 4) is 0 Å². The highest BCUT2D eigenvalue weighted by atomic mass is 35.5. The number of alkyl halides is 1. The number of carbonyl (C=O) groups is 2. The van der Waals surface area contributed by atoms with E-state index in [0.29, 0.717) is 5.23 Å². The Morgan fingerprint density at radius 1 is 1.78 bits per heavy atom. The number of aliphatic imine (C=N–C) groups is 1. The molecule has 98 valence electrons. The Morgan fingerprint density at radius 2 is 2.44 bits per heavy atom. The summed E-state index contributed by atoms with van der Waals surface area (Å²) < 4.78 is 4.95. The molecule has 2 heterocycles. The minimum Gasteiger partial charge on any atom is -0.479 e. The van der Waals surface area contributed by atoms with Crippen molar-refractivity contribution in [2.45, 2.75) is 17.5 Å². The van der Waals surface area contributed by atoms with E-state index in [0.717, 1.165) is 0 Å². The van der Waals surface area contributed by atoms with Crippen LogP contribution in [-0.2, 0) is 14.3 Å². The largest absolute Gasteiger partial charge is 0.479 e. The number of hydrogen-bond donors (Lipinski definition) is 1. The molecule has 0 aromatic heterocycles. The van der Waals surface area contributed by atoms with Crippen molar-refractivity contribution in [1.82, 2.24) is 4.90 Å². The lowest BCUT2D eigenvalue weighted by Gasteiger charge is -2.44. The van der Waals surface area contributed by atoms with Crippen LogP contribution in [-0.4, -0.2) is 57.6 Å². The molecule has 3 unspecified atom stereocenters. The quantitative estimate of drug-likeness (QED) is 0.464.